The summed E-state index contributed by atoms with van der Waals surface area (Å²) < 4.78 is 8.01. The van der Waals surface area contributed by atoms with Crippen LogP contribution in [0.25, 0.3) is 11.0 Å². The molecule has 0 spiro atoms. The van der Waals surface area contributed by atoms with E-state index < -0.39 is 5.91 Å². The second kappa shape index (κ2) is 6.61. The monoisotopic (exact) mass is 429 g/mol. The van der Waals surface area contributed by atoms with E-state index in [1.54, 1.807) is 7.11 Å². The Balaban J connectivity index is 1.66. The van der Waals surface area contributed by atoms with Gasteiger partial charge < -0.3 is 20.4 Å². The summed E-state index contributed by atoms with van der Waals surface area (Å²) in [5.74, 6) is -0.0551. The number of carbonyl (C=O) groups excluding carboxylic acids is 1. The minimum Gasteiger partial charge on any atom is -0.383 e. The van der Waals surface area contributed by atoms with Gasteiger partial charge in [0.15, 0.2) is 0 Å². The average molecular weight is 430 g/mol. The van der Waals surface area contributed by atoms with Crippen LogP contribution in [0.3, 0.4) is 0 Å². The number of hydrogen-bond acceptors (Lipinski definition) is 5. The van der Waals surface area contributed by atoms with Crippen LogP contribution in [0, 0.1) is 0 Å². The number of fused-ring (bicyclic) bond motifs is 1. The van der Waals surface area contributed by atoms with E-state index in [4.69, 9.17) is 10.5 Å². The highest BCUT2D eigenvalue weighted by Crippen LogP contribution is 2.46. The number of nitrogens with zero attached hydrogens (tertiary/aromatic N) is 3. The molecule has 1 aromatic carbocycles. The van der Waals surface area contributed by atoms with Gasteiger partial charge in [-0.15, -0.1) is 0 Å². The van der Waals surface area contributed by atoms with E-state index in [9.17, 15) is 4.79 Å². The van der Waals surface area contributed by atoms with Crippen LogP contribution in [-0.4, -0.2) is 27.6 Å². The maximum absolute atomic E-state index is 12.7. The van der Waals surface area contributed by atoms with Crippen LogP contribution < -0.4 is 11.1 Å². The minimum atomic E-state index is -0.395. The number of benzene rings is 1. The van der Waals surface area contributed by atoms with Gasteiger partial charge in [0.1, 0.15) is 11.5 Å². The van der Waals surface area contributed by atoms with Gasteiger partial charge in [-0.05, 0) is 53.4 Å². The van der Waals surface area contributed by atoms with E-state index in [-0.39, 0.29) is 17.2 Å². The fourth-order valence-electron chi connectivity index (χ4n) is 3.08. The Morgan fingerprint density at radius 2 is 2.04 bits per heavy atom. The number of nitrogens with one attached hydrogen (secondary N) is 1. The molecule has 3 N–H and O–H groups in total. The molecule has 3 aromatic rings. The molecule has 140 valence electrons. The van der Waals surface area contributed by atoms with Crippen molar-refractivity contribution in [2.45, 2.75) is 31.9 Å². The highest BCUT2D eigenvalue weighted by molar-refractivity contribution is 9.10. The van der Waals surface area contributed by atoms with Gasteiger partial charge >= 0.3 is 0 Å². The molecule has 0 aliphatic heterocycles. The third-order valence-corrected chi connectivity index (χ3v) is 5.51. The van der Waals surface area contributed by atoms with Gasteiger partial charge in [-0.25, -0.2) is 9.97 Å². The third kappa shape index (κ3) is 3.30. The number of halogens is 1. The first kappa shape index (κ1) is 17.9. The van der Waals surface area contributed by atoms with Crippen LogP contribution in [0.1, 0.15) is 35.9 Å². The van der Waals surface area contributed by atoms with Gasteiger partial charge in [0.2, 0.25) is 5.82 Å². The lowest BCUT2D eigenvalue weighted by molar-refractivity contribution is 0.101. The van der Waals surface area contributed by atoms with Gasteiger partial charge in [-0.2, -0.15) is 0 Å². The number of carbonyl (C=O) groups is 1. The summed E-state index contributed by atoms with van der Waals surface area (Å²) >= 11 is 3.53. The highest BCUT2D eigenvalue weighted by atomic mass is 79.9. The average Bonchev–Trinajstić information content (AvgIpc) is 3.29. The second-order valence-electron chi connectivity index (χ2n) is 7.06. The Kier molecular flexibility index (Phi) is 4.39. The molecule has 1 aliphatic carbocycles. The molecule has 0 saturated heterocycles. The van der Waals surface area contributed by atoms with E-state index in [1.165, 1.54) is 0 Å². The highest BCUT2D eigenvalue weighted by Gasteiger charge is 2.41. The van der Waals surface area contributed by atoms with E-state index in [0.29, 0.717) is 17.9 Å². The number of methoxy groups -OCH3 is 1. The van der Waals surface area contributed by atoms with Crippen molar-refractivity contribution in [2.75, 3.05) is 18.2 Å². The van der Waals surface area contributed by atoms with Crippen LogP contribution in [0.4, 0.5) is 11.5 Å². The summed E-state index contributed by atoms with van der Waals surface area (Å²) in [5, 5.41) is 3.56. The molecular weight excluding hydrogens is 410 g/mol. The van der Waals surface area contributed by atoms with Crippen molar-refractivity contribution in [3.05, 3.63) is 46.3 Å². The molecule has 7 nitrogen and oxygen atoms in total. The Hall–Kier alpha value is -2.45. The van der Waals surface area contributed by atoms with Gasteiger partial charge in [-0.3, -0.25) is 4.79 Å². The molecule has 0 unspecified atom stereocenters. The predicted octanol–water partition coefficient (Wildman–Crippen LogP) is 3.68. The summed E-state index contributed by atoms with van der Waals surface area (Å²) in [6.07, 6.45) is 4.11. The summed E-state index contributed by atoms with van der Waals surface area (Å²) in [5.41, 5.74) is 8.52. The number of rotatable bonds is 5. The van der Waals surface area contributed by atoms with Crippen molar-refractivity contribution in [1.29, 1.82) is 0 Å². The van der Waals surface area contributed by atoms with Crippen LogP contribution in [0.5, 0.6) is 0 Å². The molecule has 27 heavy (non-hydrogen) atoms. The van der Waals surface area contributed by atoms with Crippen molar-refractivity contribution in [2.24, 2.45) is 0 Å². The number of amides is 1. The fraction of sp³-hybridized carbons (Fsp3) is 0.316. The fourth-order valence-corrected chi connectivity index (χ4v) is 3.67. The standard InChI is InChI=1S/C19H20BrN5O2/c1-19(7-8-19)25-9-13(20)14-15(21)23-16(24-17(14)25)18(26)22-12-5-3-11(4-6-12)10-27-2/h3-6,9H,7-8,10H2,1-2H3,(H,22,26)(H2,21,23,24). The lowest BCUT2D eigenvalue weighted by Gasteiger charge is -2.13. The molecule has 4 rings (SSSR count). The first-order valence-corrected chi connectivity index (χ1v) is 9.44. The Morgan fingerprint density at radius 1 is 1.33 bits per heavy atom. The Morgan fingerprint density at radius 3 is 2.67 bits per heavy atom. The van der Waals surface area contributed by atoms with Gasteiger partial charge in [0.05, 0.1) is 12.0 Å². The number of anilines is 2. The van der Waals surface area contributed by atoms with Gasteiger partial charge in [0.25, 0.3) is 5.91 Å². The molecular formula is C19H20BrN5O2. The van der Waals surface area contributed by atoms with Gasteiger partial charge in [-0.1, -0.05) is 12.1 Å². The van der Waals surface area contributed by atoms with Crippen LogP contribution in [0.2, 0.25) is 0 Å². The van der Waals surface area contributed by atoms with Crippen LogP contribution in [-0.2, 0) is 16.9 Å². The maximum Gasteiger partial charge on any atom is 0.293 e. The van der Waals surface area contributed by atoms with Crippen LogP contribution in [0.15, 0.2) is 34.9 Å². The molecule has 2 aromatic heterocycles. The van der Waals surface area contributed by atoms with Crippen molar-refractivity contribution in [3.8, 4) is 0 Å². The van der Waals surface area contributed by atoms with Crippen molar-refractivity contribution < 1.29 is 9.53 Å². The second-order valence-corrected chi connectivity index (χ2v) is 7.91. The summed E-state index contributed by atoms with van der Waals surface area (Å²) in [6, 6.07) is 7.43. The molecule has 1 aliphatic rings. The predicted molar refractivity (Wildman–Crippen MR) is 108 cm³/mol. The summed E-state index contributed by atoms with van der Waals surface area (Å²) in [7, 11) is 1.64. The largest absolute Gasteiger partial charge is 0.383 e. The van der Waals surface area contributed by atoms with Crippen molar-refractivity contribution in [1.82, 2.24) is 14.5 Å². The molecule has 1 fully saturated rings. The number of aromatic nitrogens is 3. The first-order valence-electron chi connectivity index (χ1n) is 8.65. The third-order valence-electron chi connectivity index (χ3n) is 4.91. The molecule has 0 atom stereocenters. The van der Waals surface area contributed by atoms with Crippen molar-refractivity contribution in [3.63, 3.8) is 0 Å². The number of nitrogens with two attached hydrogens (primary N) is 1. The van der Waals surface area contributed by atoms with Crippen LogP contribution >= 0.6 is 15.9 Å². The summed E-state index contributed by atoms with van der Waals surface area (Å²) in [4.78, 5) is 21.4. The van der Waals surface area contributed by atoms with Crippen molar-refractivity contribution >= 4 is 44.4 Å². The quantitative estimate of drug-likeness (QED) is 0.644. The molecule has 8 heteroatoms. The molecule has 0 radical (unpaired) electrons. The molecule has 1 amide bonds. The normalized spacial score (nSPS) is 15.1. The molecule has 1 saturated carbocycles. The number of hydrogen-bond donors (Lipinski definition) is 2. The zero-order chi connectivity index (χ0) is 19.2. The topological polar surface area (TPSA) is 95.1 Å². The lowest BCUT2D eigenvalue weighted by Crippen LogP contribution is -2.18. The first-order chi connectivity index (χ1) is 12.9. The summed E-state index contributed by atoms with van der Waals surface area (Å²) in [6.45, 7) is 2.69. The van der Waals surface area contributed by atoms with E-state index >= 15 is 0 Å². The number of nitrogen functional groups attached to an aromatic ring is 1. The number of ether oxygens (including phenoxy) is 1. The zero-order valence-corrected chi connectivity index (χ0v) is 16.7. The maximum atomic E-state index is 12.7. The Bertz CT molecular complexity index is 1020. The smallest absolute Gasteiger partial charge is 0.293 e. The van der Waals surface area contributed by atoms with Gasteiger partial charge in [0, 0.05) is 29.0 Å². The van der Waals surface area contributed by atoms with E-state index in [1.807, 2.05) is 30.5 Å². The lowest BCUT2D eigenvalue weighted by atomic mass is 10.2. The Labute approximate surface area is 165 Å². The molecule has 2 heterocycles. The van der Waals surface area contributed by atoms with E-state index in [2.05, 4.69) is 42.7 Å². The van der Waals surface area contributed by atoms with E-state index in [0.717, 1.165) is 28.3 Å². The zero-order valence-electron chi connectivity index (χ0n) is 15.1. The SMILES string of the molecule is COCc1ccc(NC(=O)c2nc(N)c3c(Br)cn(C4(C)CC4)c3n2)cc1. The minimum absolute atomic E-state index is 0.0238. The molecule has 0 bridgehead atoms.